The van der Waals surface area contributed by atoms with Crippen LogP contribution in [0.5, 0.6) is 11.5 Å². The Morgan fingerprint density at radius 1 is 1.29 bits per heavy atom. The molecule has 0 heterocycles. The lowest BCUT2D eigenvalue weighted by Crippen LogP contribution is -1.95. The standard InChI is InChI=1S/C16H17ClN2O2/c1-3-21-15-9-12(8-14(17)16(15)20)10-18-19-13-6-4-11(2)5-7-13/h4-10,19-20H,3H2,1-2H3. The molecule has 0 aliphatic rings. The molecule has 2 rings (SSSR count). The molecule has 0 aliphatic carbocycles. The molecule has 5 heteroatoms. The molecule has 0 spiro atoms. The summed E-state index contributed by atoms with van der Waals surface area (Å²) < 4.78 is 5.32. The normalized spacial score (nSPS) is 10.8. The van der Waals surface area contributed by atoms with Crippen molar-refractivity contribution in [2.45, 2.75) is 13.8 Å². The second-order valence-corrected chi connectivity index (χ2v) is 4.93. The number of hydrogen-bond donors (Lipinski definition) is 2. The number of phenolic OH excluding ortho intramolecular Hbond substituents is 1. The number of aryl methyl sites for hydroxylation is 1. The van der Waals surface area contributed by atoms with Crippen molar-refractivity contribution >= 4 is 23.5 Å². The van der Waals surface area contributed by atoms with Crippen LogP contribution in [0, 0.1) is 6.92 Å². The summed E-state index contributed by atoms with van der Waals surface area (Å²) in [6.45, 7) is 4.32. The van der Waals surface area contributed by atoms with Gasteiger partial charge in [0.2, 0.25) is 0 Å². The average Bonchev–Trinajstić information content (AvgIpc) is 2.46. The zero-order chi connectivity index (χ0) is 15.2. The molecule has 0 aliphatic heterocycles. The van der Waals surface area contributed by atoms with E-state index in [4.69, 9.17) is 16.3 Å². The van der Waals surface area contributed by atoms with Crippen molar-refractivity contribution in [3.05, 3.63) is 52.5 Å². The van der Waals surface area contributed by atoms with Crippen molar-refractivity contribution < 1.29 is 9.84 Å². The number of phenols is 1. The van der Waals surface area contributed by atoms with Gasteiger partial charge in [-0.15, -0.1) is 0 Å². The zero-order valence-electron chi connectivity index (χ0n) is 11.9. The third kappa shape index (κ3) is 4.13. The summed E-state index contributed by atoms with van der Waals surface area (Å²) in [5.74, 6) is 0.295. The van der Waals surface area contributed by atoms with Crippen molar-refractivity contribution in [2.75, 3.05) is 12.0 Å². The van der Waals surface area contributed by atoms with E-state index in [1.807, 2.05) is 38.1 Å². The lowest BCUT2D eigenvalue weighted by atomic mass is 10.2. The van der Waals surface area contributed by atoms with Crippen molar-refractivity contribution in [3.8, 4) is 11.5 Å². The minimum Gasteiger partial charge on any atom is -0.503 e. The fraction of sp³-hybridized carbons (Fsp3) is 0.188. The second kappa shape index (κ2) is 6.99. The number of nitrogens with one attached hydrogen (secondary N) is 1. The van der Waals surface area contributed by atoms with Gasteiger partial charge in [0.05, 0.1) is 23.5 Å². The van der Waals surface area contributed by atoms with E-state index >= 15 is 0 Å². The number of hydrazone groups is 1. The molecule has 0 bridgehead atoms. The number of aromatic hydroxyl groups is 1. The SMILES string of the molecule is CCOc1cc(C=NNc2ccc(C)cc2)cc(Cl)c1O. The van der Waals surface area contributed by atoms with E-state index in [1.54, 1.807) is 18.3 Å². The Hall–Kier alpha value is -2.20. The maximum absolute atomic E-state index is 9.77. The number of rotatable bonds is 5. The number of benzene rings is 2. The van der Waals surface area contributed by atoms with Crippen LogP contribution < -0.4 is 10.2 Å². The first-order valence-electron chi connectivity index (χ1n) is 6.61. The van der Waals surface area contributed by atoms with Crippen LogP contribution in [-0.2, 0) is 0 Å². The number of halogens is 1. The van der Waals surface area contributed by atoms with E-state index in [0.29, 0.717) is 12.4 Å². The van der Waals surface area contributed by atoms with Gasteiger partial charge in [-0.3, -0.25) is 5.43 Å². The van der Waals surface area contributed by atoms with E-state index in [0.717, 1.165) is 11.3 Å². The Balaban J connectivity index is 2.11. The number of anilines is 1. The van der Waals surface area contributed by atoms with Gasteiger partial charge in [0.25, 0.3) is 0 Å². The molecule has 2 N–H and O–H groups in total. The molecule has 0 saturated carbocycles. The molecule has 0 radical (unpaired) electrons. The molecule has 21 heavy (non-hydrogen) atoms. The highest BCUT2D eigenvalue weighted by Gasteiger charge is 2.08. The molecule has 0 unspecified atom stereocenters. The fourth-order valence-electron chi connectivity index (χ4n) is 1.74. The maximum atomic E-state index is 9.77. The molecule has 0 aromatic heterocycles. The summed E-state index contributed by atoms with van der Waals surface area (Å²) in [4.78, 5) is 0. The Bertz CT molecular complexity index is 639. The van der Waals surface area contributed by atoms with Gasteiger partial charge >= 0.3 is 0 Å². The largest absolute Gasteiger partial charge is 0.503 e. The molecule has 0 fully saturated rings. The van der Waals surface area contributed by atoms with Crippen LogP contribution in [0.4, 0.5) is 5.69 Å². The summed E-state index contributed by atoms with van der Waals surface area (Å²) in [7, 11) is 0. The van der Waals surface area contributed by atoms with Gasteiger partial charge in [-0.05, 0) is 43.7 Å². The summed E-state index contributed by atoms with van der Waals surface area (Å²) in [6, 6.07) is 11.2. The number of ether oxygens (including phenoxy) is 1. The molecule has 4 nitrogen and oxygen atoms in total. The van der Waals surface area contributed by atoms with Crippen LogP contribution in [-0.4, -0.2) is 17.9 Å². The van der Waals surface area contributed by atoms with Crippen molar-refractivity contribution in [1.82, 2.24) is 0 Å². The first-order valence-corrected chi connectivity index (χ1v) is 6.99. The minimum absolute atomic E-state index is 0.0536. The second-order valence-electron chi connectivity index (χ2n) is 4.52. The van der Waals surface area contributed by atoms with Crippen molar-refractivity contribution in [1.29, 1.82) is 0 Å². The molecular weight excluding hydrogens is 288 g/mol. The zero-order valence-corrected chi connectivity index (χ0v) is 12.7. The molecule has 2 aromatic rings. The van der Waals surface area contributed by atoms with Crippen LogP contribution in [0.15, 0.2) is 41.5 Å². The smallest absolute Gasteiger partial charge is 0.176 e. The Kier molecular flexibility index (Phi) is 5.06. The van der Waals surface area contributed by atoms with Gasteiger partial charge in [0.15, 0.2) is 11.5 Å². The van der Waals surface area contributed by atoms with Crippen molar-refractivity contribution in [2.24, 2.45) is 5.10 Å². The topological polar surface area (TPSA) is 53.8 Å². The highest BCUT2D eigenvalue weighted by molar-refractivity contribution is 6.32. The lowest BCUT2D eigenvalue weighted by molar-refractivity contribution is 0.318. The highest BCUT2D eigenvalue weighted by atomic mass is 35.5. The average molecular weight is 305 g/mol. The lowest BCUT2D eigenvalue weighted by Gasteiger charge is -2.08. The van der Waals surface area contributed by atoms with E-state index in [2.05, 4.69) is 10.5 Å². The summed E-state index contributed by atoms with van der Waals surface area (Å²) in [5.41, 5.74) is 5.75. The van der Waals surface area contributed by atoms with Gasteiger partial charge in [0, 0.05) is 0 Å². The van der Waals surface area contributed by atoms with Gasteiger partial charge < -0.3 is 9.84 Å². The Morgan fingerprint density at radius 2 is 2.00 bits per heavy atom. The Morgan fingerprint density at radius 3 is 2.67 bits per heavy atom. The predicted molar refractivity (Wildman–Crippen MR) is 86.7 cm³/mol. The van der Waals surface area contributed by atoms with Crippen molar-refractivity contribution in [3.63, 3.8) is 0 Å². The van der Waals surface area contributed by atoms with Crippen LogP contribution in [0.3, 0.4) is 0 Å². The monoisotopic (exact) mass is 304 g/mol. The van der Waals surface area contributed by atoms with Crippen LogP contribution in [0.2, 0.25) is 5.02 Å². The van der Waals surface area contributed by atoms with Gasteiger partial charge in [-0.1, -0.05) is 29.3 Å². The molecule has 110 valence electrons. The third-order valence-electron chi connectivity index (χ3n) is 2.81. The van der Waals surface area contributed by atoms with Crippen LogP contribution in [0.25, 0.3) is 0 Å². The first-order chi connectivity index (χ1) is 10.1. The van der Waals surface area contributed by atoms with Gasteiger partial charge in [-0.2, -0.15) is 5.10 Å². The predicted octanol–water partition coefficient (Wildman–Crippen LogP) is 4.20. The van der Waals surface area contributed by atoms with Crippen LogP contribution >= 0.6 is 11.6 Å². The van der Waals surface area contributed by atoms with E-state index in [-0.39, 0.29) is 10.8 Å². The quantitative estimate of drug-likeness (QED) is 0.643. The fourth-order valence-corrected chi connectivity index (χ4v) is 1.96. The third-order valence-corrected chi connectivity index (χ3v) is 3.10. The molecule has 0 saturated heterocycles. The molecule has 2 aromatic carbocycles. The summed E-state index contributed by atoms with van der Waals surface area (Å²) >= 11 is 5.96. The van der Waals surface area contributed by atoms with Gasteiger partial charge in [0.1, 0.15) is 0 Å². The highest BCUT2D eigenvalue weighted by Crippen LogP contribution is 2.34. The van der Waals surface area contributed by atoms with E-state index < -0.39 is 0 Å². The number of nitrogens with zero attached hydrogens (tertiary/aromatic N) is 1. The van der Waals surface area contributed by atoms with E-state index in [1.165, 1.54) is 5.56 Å². The first kappa shape index (κ1) is 15.2. The van der Waals surface area contributed by atoms with E-state index in [9.17, 15) is 5.11 Å². The maximum Gasteiger partial charge on any atom is 0.176 e. The molecule has 0 amide bonds. The van der Waals surface area contributed by atoms with Gasteiger partial charge in [-0.25, -0.2) is 0 Å². The van der Waals surface area contributed by atoms with Crippen LogP contribution in [0.1, 0.15) is 18.1 Å². The molecule has 0 atom stereocenters. The summed E-state index contributed by atoms with van der Waals surface area (Å²) in [5, 5.41) is 14.1. The Labute approximate surface area is 129 Å². The summed E-state index contributed by atoms with van der Waals surface area (Å²) in [6.07, 6.45) is 1.62. The molecular formula is C16H17ClN2O2. The minimum atomic E-state index is -0.0536. The number of hydrogen-bond acceptors (Lipinski definition) is 4.